The van der Waals surface area contributed by atoms with Gasteiger partial charge in [0.05, 0.1) is 5.69 Å². The number of ketones is 1. The number of piperidine rings is 2. The van der Waals surface area contributed by atoms with Crippen LogP contribution in [0.1, 0.15) is 19.4 Å². The lowest BCUT2D eigenvalue weighted by Crippen LogP contribution is -3.48. The molecule has 1 aromatic carbocycles. The Kier molecular flexibility index (Phi) is 2.00. The van der Waals surface area contributed by atoms with Crippen LogP contribution in [0.4, 0.5) is 5.69 Å². The van der Waals surface area contributed by atoms with Crippen molar-refractivity contribution in [3.8, 4) is 0 Å². The quantitative estimate of drug-likeness (QED) is 0.529. The van der Waals surface area contributed by atoms with Crippen LogP contribution < -0.4 is 15.1 Å². The van der Waals surface area contributed by atoms with Gasteiger partial charge in [0.15, 0.2) is 5.78 Å². The molecule has 4 fully saturated rings. The Balaban J connectivity index is 1.74. The normalized spacial score (nSPS) is 47.9. The highest BCUT2D eigenvalue weighted by molar-refractivity contribution is 6.04. The molecule has 5 heteroatoms. The van der Waals surface area contributed by atoms with E-state index < -0.39 is 5.66 Å². The first-order valence-electron chi connectivity index (χ1n) is 8.06. The van der Waals surface area contributed by atoms with E-state index in [2.05, 4.69) is 25.2 Å². The van der Waals surface area contributed by atoms with Gasteiger partial charge in [0.1, 0.15) is 42.6 Å². The summed E-state index contributed by atoms with van der Waals surface area (Å²) in [6.07, 6.45) is 0. The summed E-state index contributed by atoms with van der Waals surface area (Å²) in [6.45, 7) is 7.27. The van der Waals surface area contributed by atoms with Gasteiger partial charge in [0.2, 0.25) is 0 Å². The van der Waals surface area contributed by atoms with E-state index >= 15 is 0 Å². The van der Waals surface area contributed by atoms with Crippen molar-refractivity contribution in [3.63, 3.8) is 0 Å². The van der Waals surface area contributed by atoms with Crippen molar-refractivity contribution in [2.75, 3.05) is 31.5 Å². The first-order chi connectivity index (χ1) is 10.4. The van der Waals surface area contributed by atoms with Crippen LogP contribution in [-0.4, -0.2) is 37.9 Å². The van der Waals surface area contributed by atoms with Crippen LogP contribution in [0.5, 0.6) is 0 Å². The van der Waals surface area contributed by atoms with Crippen LogP contribution in [0.15, 0.2) is 24.3 Å². The Morgan fingerprint density at radius 1 is 0.955 bits per heavy atom. The van der Waals surface area contributed by atoms with Gasteiger partial charge in [-0.3, -0.25) is 19.4 Å². The van der Waals surface area contributed by atoms with E-state index in [9.17, 15) is 9.59 Å². The number of Topliss-reactive ketones (excluding diaryl/α,β-unsaturated/α-hetero) is 1. The van der Waals surface area contributed by atoms with E-state index in [4.69, 9.17) is 0 Å². The Labute approximate surface area is 129 Å². The minimum atomic E-state index is -0.545. The second-order valence-corrected chi connectivity index (χ2v) is 8.11. The zero-order chi connectivity index (χ0) is 15.3. The van der Waals surface area contributed by atoms with Crippen molar-refractivity contribution in [2.45, 2.75) is 19.5 Å². The first-order valence-corrected chi connectivity index (χ1v) is 8.06. The van der Waals surface area contributed by atoms with Crippen LogP contribution in [-0.2, 0) is 15.3 Å². The Morgan fingerprint density at radius 3 is 2.09 bits per heavy atom. The fourth-order valence-electron chi connectivity index (χ4n) is 5.92. The molecule has 22 heavy (non-hydrogen) atoms. The fraction of sp³-hybridized carbons (Fsp3) is 0.529. The van der Waals surface area contributed by atoms with Crippen molar-refractivity contribution in [3.05, 3.63) is 29.8 Å². The lowest BCUT2D eigenvalue weighted by molar-refractivity contribution is -1.20. The SMILES string of the molecule is CC12C[NH+]3CC(C)(C[NH+](C1)C31C(=O)Nc3ccccc31)C2=O. The molecular weight excluding hydrogens is 278 g/mol. The maximum absolute atomic E-state index is 13.0. The second-order valence-electron chi connectivity index (χ2n) is 8.11. The monoisotopic (exact) mass is 299 g/mol. The molecule has 1 spiro atoms. The highest BCUT2D eigenvalue weighted by Crippen LogP contribution is 2.40. The van der Waals surface area contributed by atoms with Crippen molar-refractivity contribution in [1.82, 2.24) is 0 Å². The first kappa shape index (κ1) is 12.8. The van der Waals surface area contributed by atoms with Crippen molar-refractivity contribution >= 4 is 17.4 Å². The van der Waals surface area contributed by atoms with Crippen LogP contribution in [0.3, 0.4) is 0 Å². The molecule has 0 unspecified atom stereocenters. The summed E-state index contributed by atoms with van der Waals surface area (Å²) in [6, 6.07) is 8.06. The van der Waals surface area contributed by atoms with Gasteiger partial charge in [-0.1, -0.05) is 12.1 Å². The van der Waals surface area contributed by atoms with E-state index in [-0.39, 0.29) is 16.7 Å². The third-order valence-corrected chi connectivity index (χ3v) is 6.49. The second kappa shape index (κ2) is 3.44. The van der Waals surface area contributed by atoms with Gasteiger partial charge in [0.25, 0.3) is 0 Å². The maximum Gasteiger partial charge on any atom is 0.351 e. The third kappa shape index (κ3) is 1.14. The number of quaternary nitrogens is 2. The number of hydrogen-bond acceptors (Lipinski definition) is 2. The molecule has 0 radical (unpaired) electrons. The number of anilines is 1. The molecule has 0 atom stereocenters. The summed E-state index contributed by atoms with van der Waals surface area (Å²) in [5.41, 5.74) is 0.957. The molecule has 3 N–H and O–H groups in total. The summed E-state index contributed by atoms with van der Waals surface area (Å²) in [5.74, 6) is 0.520. The average Bonchev–Trinajstić information content (AvgIpc) is 2.74. The summed E-state index contributed by atoms with van der Waals surface area (Å²) < 4.78 is 0. The van der Waals surface area contributed by atoms with Crippen LogP contribution in [0, 0.1) is 10.8 Å². The lowest BCUT2D eigenvalue weighted by atomic mass is 9.60. The molecule has 0 aliphatic carbocycles. The molecule has 5 nitrogen and oxygen atoms in total. The van der Waals surface area contributed by atoms with E-state index in [0.29, 0.717) is 5.78 Å². The van der Waals surface area contributed by atoms with Gasteiger partial charge in [0, 0.05) is 0 Å². The molecule has 1 aromatic rings. The molecule has 5 aliphatic rings. The molecule has 1 amide bonds. The topological polar surface area (TPSA) is 55.1 Å². The summed E-state index contributed by atoms with van der Waals surface area (Å²) in [7, 11) is 0. The Bertz CT molecular complexity index is 701. The van der Waals surface area contributed by atoms with E-state index in [1.807, 2.05) is 18.2 Å². The van der Waals surface area contributed by atoms with E-state index in [1.165, 1.54) is 9.80 Å². The fourth-order valence-corrected chi connectivity index (χ4v) is 5.92. The maximum atomic E-state index is 13.0. The zero-order valence-corrected chi connectivity index (χ0v) is 13.0. The van der Waals surface area contributed by atoms with Crippen LogP contribution >= 0.6 is 0 Å². The van der Waals surface area contributed by atoms with Gasteiger partial charge in [-0.2, -0.15) is 0 Å². The third-order valence-electron chi connectivity index (χ3n) is 6.49. The molecule has 5 aliphatic heterocycles. The predicted molar refractivity (Wildman–Crippen MR) is 79.4 cm³/mol. The Morgan fingerprint density at radius 2 is 1.50 bits per heavy atom. The van der Waals surface area contributed by atoms with Crippen molar-refractivity contribution in [2.24, 2.45) is 10.8 Å². The minimum absolute atomic E-state index is 0.108. The number of carbonyl (C=O) groups excluding carboxylic acids is 2. The summed E-state index contributed by atoms with van der Waals surface area (Å²) in [5, 5.41) is 3.09. The summed E-state index contributed by atoms with van der Waals surface area (Å²) >= 11 is 0. The number of carbonyl (C=O) groups is 2. The number of amides is 1. The molecule has 5 heterocycles. The van der Waals surface area contributed by atoms with Gasteiger partial charge in [-0.25, -0.2) is 0 Å². The number of hydrogen-bond donors (Lipinski definition) is 3. The standard InChI is InChI=1S/C17H19N3O2/c1-15-7-19-9-16(2,13(15)21)10-20(8-15)17(19)11-5-3-4-6-12(11)18-14(17)22/h3-6H,7-10H2,1-2H3,(H,18,22)/p+2. The lowest BCUT2D eigenvalue weighted by Gasteiger charge is -2.61. The number of para-hydroxylation sites is 1. The molecule has 114 valence electrons. The minimum Gasteiger partial charge on any atom is -0.314 e. The molecule has 0 saturated carbocycles. The largest absolute Gasteiger partial charge is 0.351 e. The Hall–Kier alpha value is -1.72. The van der Waals surface area contributed by atoms with Crippen LogP contribution in [0.25, 0.3) is 0 Å². The van der Waals surface area contributed by atoms with Crippen molar-refractivity contribution < 1.29 is 19.4 Å². The van der Waals surface area contributed by atoms with Gasteiger partial charge < -0.3 is 5.32 Å². The number of fused-ring (bicyclic) bond motifs is 1. The van der Waals surface area contributed by atoms with Gasteiger partial charge in [-0.15, -0.1) is 0 Å². The van der Waals surface area contributed by atoms with E-state index in [1.54, 1.807) is 0 Å². The number of benzene rings is 1. The molecule has 4 bridgehead atoms. The number of rotatable bonds is 0. The smallest absolute Gasteiger partial charge is 0.314 e. The number of nitrogens with one attached hydrogen (secondary N) is 3. The predicted octanol–water partition coefficient (Wildman–Crippen LogP) is -1.82. The molecule has 0 aromatic heterocycles. The van der Waals surface area contributed by atoms with Crippen molar-refractivity contribution in [1.29, 1.82) is 0 Å². The molecule has 6 rings (SSSR count). The average molecular weight is 299 g/mol. The van der Waals surface area contributed by atoms with Gasteiger partial charge >= 0.3 is 11.6 Å². The highest BCUT2D eigenvalue weighted by atomic mass is 16.2. The molecular formula is C17H21N3O2+2. The zero-order valence-electron chi connectivity index (χ0n) is 13.0. The molecule has 4 saturated heterocycles. The van der Waals surface area contributed by atoms with Gasteiger partial charge in [-0.05, 0) is 26.0 Å². The van der Waals surface area contributed by atoms with Crippen LogP contribution in [0.2, 0.25) is 0 Å². The highest BCUT2D eigenvalue weighted by Gasteiger charge is 2.78. The van der Waals surface area contributed by atoms with E-state index in [0.717, 1.165) is 37.4 Å². The summed E-state index contributed by atoms with van der Waals surface area (Å²) in [4.78, 5) is 28.4.